The van der Waals surface area contributed by atoms with Crippen LogP contribution in [0.15, 0.2) is 41.4 Å². The monoisotopic (exact) mass is 431 g/mol. The number of thioether (sulfide) groups is 1. The number of rotatable bonds is 5. The highest BCUT2D eigenvalue weighted by Crippen LogP contribution is 2.35. The van der Waals surface area contributed by atoms with Crippen molar-refractivity contribution >= 4 is 51.7 Å². The zero-order valence-corrected chi connectivity index (χ0v) is 18.2. The molecule has 1 fully saturated rings. The molecule has 1 aliphatic rings. The number of hydrogen-bond donors (Lipinski definition) is 1. The molecule has 2 amide bonds. The van der Waals surface area contributed by atoms with Gasteiger partial charge in [0.05, 0.1) is 7.11 Å². The van der Waals surface area contributed by atoms with Gasteiger partial charge in [0.15, 0.2) is 5.17 Å². The zero-order chi connectivity index (χ0) is 21.1. The molecular formula is C21H22ClN3O3S. The number of methoxy groups -OCH3 is 1. The van der Waals surface area contributed by atoms with Crippen LogP contribution in [-0.4, -0.2) is 41.3 Å². The third-order valence-electron chi connectivity index (χ3n) is 4.66. The lowest BCUT2D eigenvalue weighted by Gasteiger charge is -2.10. The number of nitrogens with one attached hydrogen (secondary N) is 1. The molecule has 2 aromatic rings. The SMILES string of the molecule is COc1ccc(Cl)cc1N=C1S[C@@H](CC(=O)Nc2ccc(C)c(C)c2)C(=O)N1C. The van der Waals surface area contributed by atoms with Crippen molar-refractivity contribution in [2.75, 3.05) is 19.5 Å². The number of amides is 2. The highest BCUT2D eigenvalue weighted by atomic mass is 35.5. The minimum Gasteiger partial charge on any atom is -0.494 e. The van der Waals surface area contributed by atoms with Crippen LogP contribution < -0.4 is 10.1 Å². The van der Waals surface area contributed by atoms with Crippen molar-refractivity contribution < 1.29 is 14.3 Å². The van der Waals surface area contributed by atoms with Gasteiger partial charge in [0.25, 0.3) is 0 Å². The Bertz CT molecular complexity index is 993. The molecule has 0 radical (unpaired) electrons. The van der Waals surface area contributed by atoms with Crippen LogP contribution in [0.4, 0.5) is 11.4 Å². The van der Waals surface area contributed by atoms with Crippen LogP contribution in [0.3, 0.4) is 0 Å². The van der Waals surface area contributed by atoms with Crippen molar-refractivity contribution in [1.82, 2.24) is 4.90 Å². The van der Waals surface area contributed by atoms with E-state index >= 15 is 0 Å². The van der Waals surface area contributed by atoms with Gasteiger partial charge in [-0.3, -0.25) is 14.5 Å². The molecular weight excluding hydrogens is 410 g/mol. The molecule has 8 heteroatoms. The minimum atomic E-state index is -0.532. The van der Waals surface area contributed by atoms with E-state index in [1.165, 1.54) is 16.7 Å². The molecule has 0 aromatic heterocycles. The predicted molar refractivity (Wildman–Crippen MR) is 118 cm³/mol. The largest absolute Gasteiger partial charge is 0.494 e. The van der Waals surface area contributed by atoms with Gasteiger partial charge in [0, 0.05) is 24.2 Å². The maximum atomic E-state index is 12.6. The van der Waals surface area contributed by atoms with Crippen molar-refractivity contribution in [2.45, 2.75) is 25.5 Å². The predicted octanol–water partition coefficient (Wildman–Crippen LogP) is 4.56. The summed E-state index contributed by atoms with van der Waals surface area (Å²) >= 11 is 7.31. The van der Waals surface area contributed by atoms with Crippen LogP contribution in [0, 0.1) is 13.8 Å². The standard InChI is InChI=1S/C21H22ClN3O3S/c1-12-5-7-15(9-13(12)2)23-19(26)11-18-20(27)25(3)21(29-18)24-16-10-14(22)6-8-17(16)28-4/h5-10,18H,11H2,1-4H3,(H,23,26)/t18-/m0/s1. The van der Waals surface area contributed by atoms with Crippen LogP contribution >= 0.6 is 23.4 Å². The fraction of sp³-hybridized carbons (Fsp3) is 0.286. The highest BCUT2D eigenvalue weighted by Gasteiger charge is 2.37. The molecule has 0 bridgehead atoms. The van der Waals surface area contributed by atoms with Gasteiger partial charge >= 0.3 is 0 Å². The molecule has 152 valence electrons. The number of carbonyl (C=O) groups is 2. The Labute approximate surface area is 179 Å². The molecule has 1 aliphatic heterocycles. The van der Waals surface area contributed by atoms with E-state index in [2.05, 4.69) is 10.3 Å². The summed E-state index contributed by atoms with van der Waals surface area (Å²) in [4.78, 5) is 31.0. The van der Waals surface area contributed by atoms with Gasteiger partial charge in [-0.05, 0) is 55.3 Å². The summed E-state index contributed by atoms with van der Waals surface area (Å²) in [6.45, 7) is 4.00. The molecule has 1 N–H and O–H groups in total. The summed E-state index contributed by atoms with van der Waals surface area (Å²) in [5, 5.41) is 3.35. The molecule has 2 aromatic carbocycles. The van der Waals surface area contributed by atoms with Gasteiger partial charge in [-0.1, -0.05) is 29.4 Å². The number of anilines is 1. The number of halogens is 1. The van der Waals surface area contributed by atoms with Crippen molar-refractivity contribution in [3.63, 3.8) is 0 Å². The number of nitrogens with zero attached hydrogens (tertiary/aromatic N) is 2. The maximum absolute atomic E-state index is 12.6. The molecule has 0 saturated carbocycles. The summed E-state index contributed by atoms with van der Waals surface area (Å²) in [5.74, 6) is 0.179. The quantitative estimate of drug-likeness (QED) is 0.753. The molecule has 1 saturated heterocycles. The van der Waals surface area contributed by atoms with E-state index in [1.54, 1.807) is 32.4 Å². The lowest BCUT2D eigenvalue weighted by Crippen LogP contribution is -2.30. The second-order valence-corrected chi connectivity index (χ2v) is 8.37. The zero-order valence-electron chi connectivity index (χ0n) is 16.7. The number of benzene rings is 2. The topological polar surface area (TPSA) is 71.0 Å². The molecule has 1 heterocycles. The highest BCUT2D eigenvalue weighted by molar-refractivity contribution is 8.15. The third kappa shape index (κ3) is 4.92. The molecule has 29 heavy (non-hydrogen) atoms. The minimum absolute atomic E-state index is 0.0620. The number of amidine groups is 1. The van der Waals surface area contributed by atoms with Gasteiger partial charge < -0.3 is 10.1 Å². The van der Waals surface area contributed by atoms with Crippen molar-refractivity contribution in [1.29, 1.82) is 0 Å². The summed E-state index contributed by atoms with van der Waals surface area (Å²) in [5.41, 5.74) is 3.50. The van der Waals surface area contributed by atoms with Gasteiger partial charge in [-0.15, -0.1) is 0 Å². The third-order valence-corrected chi connectivity index (χ3v) is 6.12. The van der Waals surface area contributed by atoms with Gasteiger partial charge in [0.1, 0.15) is 16.7 Å². The van der Waals surface area contributed by atoms with Crippen LogP contribution in [-0.2, 0) is 9.59 Å². The molecule has 0 spiro atoms. The molecule has 0 unspecified atom stereocenters. The summed E-state index contributed by atoms with van der Waals surface area (Å²) in [6, 6.07) is 10.8. The average Bonchev–Trinajstić information content (AvgIpc) is 2.93. The summed E-state index contributed by atoms with van der Waals surface area (Å²) in [6.07, 6.45) is 0.0620. The first-order valence-electron chi connectivity index (χ1n) is 9.02. The van der Waals surface area contributed by atoms with E-state index in [1.807, 2.05) is 32.0 Å². The van der Waals surface area contributed by atoms with Crippen LogP contribution in [0.5, 0.6) is 5.75 Å². The number of hydrogen-bond acceptors (Lipinski definition) is 5. The van der Waals surface area contributed by atoms with E-state index in [0.717, 1.165) is 16.8 Å². The first kappa shape index (κ1) is 21.2. The van der Waals surface area contributed by atoms with Gasteiger partial charge in [-0.25, -0.2) is 4.99 Å². The molecule has 3 rings (SSSR count). The van der Waals surface area contributed by atoms with E-state index in [9.17, 15) is 9.59 Å². The number of aliphatic imine (C=N–C) groups is 1. The van der Waals surface area contributed by atoms with Crippen LogP contribution in [0.25, 0.3) is 0 Å². The summed E-state index contributed by atoms with van der Waals surface area (Å²) in [7, 11) is 3.19. The van der Waals surface area contributed by atoms with Gasteiger partial charge in [0.2, 0.25) is 11.8 Å². The van der Waals surface area contributed by atoms with E-state index in [-0.39, 0.29) is 18.2 Å². The van der Waals surface area contributed by atoms with Crippen LogP contribution in [0.1, 0.15) is 17.5 Å². The van der Waals surface area contributed by atoms with Crippen molar-refractivity contribution in [2.24, 2.45) is 4.99 Å². The molecule has 1 atom stereocenters. The fourth-order valence-electron chi connectivity index (χ4n) is 2.85. The van der Waals surface area contributed by atoms with Crippen molar-refractivity contribution in [3.8, 4) is 5.75 Å². The molecule has 0 aliphatic carbocycles. The second-order valence-electron chi connectivity index (χ2n) is 6.77. The van der Waals surface area contributed by atoms with E-state index in [4.69, 9.17) is 16.3 Å². The Morgan fingerprint density at radius 3 is 2.69 bits per heavy atom. The lowest BCUT2D eigenvalue weighted by molar-refractivity contribution is -0.127. The molecule has 6 nitrogen and oxygen atoms in total. The normalized spacial score (nSPS) is 17.7. The van der Waals surface area contributed by atoms with Gasteiger partial charge in [-0.2, -0.15) is 0 Å². The Balaban J connectivity index is 1.72. The van der Waals surface area contributed by atoms with Crippen LogP contribution in [0.2, 0.25) is 5.02 Å². The fourth-order valence-corrected chi connectivity index (χ4v) is 4.16. The van der Waals surface area contributed by atoms with Crippen molar-refractivity contribution in [3.05, 3.63) is 52.5 Å². The summed E-state index contributed by atoms with van der Waals surface area (Å²) < 4.78 is 5.31. The smallest absolute Gasteiger partial charge is 0.242 e. The Morgan fingerprint density at radius 1 is 1.24 bits per heavy atom. The van der Waals surface area contributed by atoms with E-state index < -0.39 is 5.25 Å². The average molecular weight is 432 g/mol. The lowest BCUT2D eigenvalue weighted by atomic mass is 10.1. The maximum Gasteiger partial charge on any atom is 0.242 e. The Kier molecular flexibility index (Phi) is 6.49. The Morgan fingerprint density at radius 2 is 2.00 bits per heavy atom. The second kappa shape index (κ2) is 8.88. The Hall–Kier alpha value is -2.51. The first-order valence-corrected chi connectivity index (χ1v) is 10.3. The first-order chi connectivity index (χ1) is 13.8. The number of aryl methyl sites for hydroxylation is 2. The van der Waals surface area contributed by atoms with E-state index in [0.29, 0.717) is 21.6 Å². The number of carbonyl (C=O) groups excluding carboxylic acids is 2. The number of ether oxygens (including phenoxy) is 1.